The van der Waals surface area contributed by atoms with Crippen molar-refractivity contribution >= 4 is 6.08 Å². The van der Waals surface area contributed by atoms with E-state index in [1.807, 2.05) is 66.7 Å². The van der Waals surface area contributed by atoms with Gasteiger partial charge in [0, 0.05) is 6.61 Å². The van der Waals surface area contributed by atoms with Crippen molar-refractivity contribution in [1.29, 1.82) is 0 Å². The molecule has 3 rings (SSSR count). The van der Waals surface area contributed by atoms with E-state index in [4.69, 9.17) is 4.74 Å². The first-order valence-corrected chi connectivity index (χ1v) is 7.06. The Morgan fingerprint density at radius 3 is 2.17 bits per heavy atom. The van der Waals surface area contributed by atoms with Gasteiger partial charge in [-0.3, -0.25) is 0 Å². The number of allylic oxidation sites excluding steroid dienone is 5. The zero-order valence-corrected chi connectivity index (χ0v) is 13.8. The molecular weight excluding hydrogens is 328 g/mol. The van der Waals surface area contributed by atoms with Crippen LogP contribution in [0.4, 0.5) is 0 Å². The van der Waals surface area contributed by atoms with Crippen molar-refractivity contribution < 1.29 is 26.9 Å². The van der Waals surface area contributed by atoms with E-state index in [0.29, 0.717) is 12.2 Å². The molecule has 2 aromatic carbocycles. The molecule has 0 bridgehead atoms. The Hall–Kier alpha value is -2.35. The first-order valence-electron chi connectivity index (χ1n) is 7.06. The summed E-state index contributed by atoms with van der Waals surface area (Å²) in [5.41, 5.74) is 2.61. The molecule has 3 heteroatoms. The Kier molecular flexibility index (Phi) is 8.44. The van der Waals surface area contributed by atoms with Crippen molar-refractivity contribution in [3.63, 3.8) is 0 Å². The van der Waals surface area contributed by atoms with Gasteiger partial charge in [0.1, 0.15) is 0 Å². The maximum atomic E-state index is 11.6. The zero-order valence-electron chi connectivity index (χ0n) is 12.7. The molecule has 0 N–H and O–H groups in total. The predicted octanol–water partition coefficient (Wildman–Crippen LogP) is 3.95. The quantitative estimate of drug-likeness (QED) is 0.477. The van der Waals surface area contributed by atoms with Gasteiger partial charge >= 0.3 is 17.1 Å². The minimum absolute atomic E-state index is 0. The maximum absolute atomic E-state index is 11.6. The van der Waals surface area contributed by atoms with E-state index >= 15 is 0 Å². The van der Waals surface area contributed by atoms with Crippen LogP contribution in [0.25, 0.3) is 6.08 Å². The molecule has 0 aromatic heterocycles. The SMILES string of the molecule is C=Cc1ccc(COC([O-])=C2C=CC=C2)cc1.[Fe+2].c1cc[cH-]c1. The third-order valence-corrected chi connectivity index (χ3v) is 3.04. The minimum Gasteiger partial charge on any atom is -0.608 e. The molecular formula is C20H18FeO2. The van der Waals surface area contributed by atoms with E-state index in [1.165, 1.54) is 0 Å². The molecule has 2 nitrogen and oxygen atoms in total. The average Bonchev–Trinajstić information content (AvgIpc) is 3.28. The van der Waals surface area contributed by atoms with E-state index in [0.717, 1.165) is 11.1 Å². The monoisotopic (exact) mass is 346 g/mol. The summed E-state index contributed by atoms with van der Waals surface area (Å²) in [6.07, 6.45) is 8.89. The Labute approximate surface area is 148 Å². The first kappa shape index (κ1) is 18.7. The molecule has 0 saturated heterocycles. The Balaban J connectivity index is 0.000000377. The van der Waals surface area contributed by atoms with Gasteiger partial charge in [0.25, 0.3) is 0 Å². The number of benzene rings is 1. The number of ether oxygens (including phenoxy) is 1. The smallest absolute Gasteiger partial charge is 0.608 e. The van der Waals surface area contributed by atoms with E-state index in [-0.39, 0.29) is 23.0 Å². The molecule has 0 aliphatic heterocycles. The summed E-state index contributed by atoms with van der Waals surface area (Å²) >= 11 is 0. The predicted molar refractivity (Wildman–Crippen MR) is 88.7 cm³/mol. The van der Waals surface area contributed by atoms with Gasteiger partial charge in [-0.25, -0.2) is 12.1 Å². The fraction of sp³-hybridized carbons (Fsp3) is 0.0500. The molecule has 1 aliphatic carbocycles. The van der Waals surface area contributed by atoms with E-state index in [1.54, 1.807) is 18.2 Å². The van der Waals surface area contributed by atoms with Crippen LogP contribution < -0.4 is 5.11 Å². The summed E-state index contributed by atoms with van der Waals surface area (Å²) in [6.45, 7) is 3.98. The van der Waals surface area contributed by atoms with Gasteiger partial charge in [-0.1, -0.05) is 61.2 Å². The van der Waals surface area contributed by atoms with E-state index in [2.05, 4.69) is 6.58 Å². The third kappa shape index (κ3) is 6.52. The van der Waals surface area contributed by atoms with Gasteiger partial charge in [0.2, 0.25) is 0 Å². The fourth-order valence-electron chi connectivity index (χ4n) is 1.81. The molecule has 0 unspecified atom stereocenters. The topological polar surface area (TPSA) is 32.3 Å². The van der Waals surface area contributed by atoms with Gasteiger partial charge in [0.15, 0.2) is 0 Å². The van der Waals surface area contributed by atoms with Crippen LogP contribution in [0.2, 0.25) is 0 Å². The van der Waals surface area contributed by atoms with Crippen molar-refractivity contribution in [2.75, 3.05) is 0 Å². The molecule has 0 fully saturated rings. The second-order valence-corrected chi connectivity index (χ2v) is 4.66. The Morgan fingerprint density at radius 2 is 1.70 bits per heavy atom. The molecule has 23 heavy (non-hydrogen) atoms. The van der Waals surface area contributed by atoms with Crippen molar-refractivity contribution in [3.05, 3.63) is 108 Å². The largest absolute Gasteiger partial charge is 2.00 e. The zero-order chi connectivity index (χ0) is 15.6. The van der Waals surface area contributed by atoms with E-state index < -0.39 is 0 Å². The molecule has 118 valence electrons. The standard InChI is InChI=1S/C15H14O2.C5H5.Fe/c1-2-12-7-9-13(10-8-12)11-17-15(16)14-5-3-4-6-14;1-2-4-5-3-1;/h2-10,16H,1,11H2;1-5H;/q;-1;+2/p-1. The molecule has 0 saturated carbocycles. The normalized spacial score (nSPS) is 11.2. The second-order valence-electron chi connectivity index (χ2n) is 4.66. The van der Waals surface area contributed by atoms with Gasteiger partial charge in [-0.15, -0.1) is 0 Å². The molecule has 0 atom stereocenters. The fourth-order valence-corrected chi connectivity index (χ4v) is 1.81. The molecule has 0 heterocycles. The molecule has 0 amide bonds. The van der Waals surface area contributed by atoms with E-state index in [9.17, 15) is 5.11 Å². The van der Waals surface area contributed by atoms with Crippen molar-refractivity contribution in [3.8, 4) is 0 Å². The van der Waals surface area contributed by atoms with Gasteiger partial charge in [-0.05, 0) is 16.7 Å². The van der Waals surface area contributed by atoms with Crippen molar-refractivity contribution in [2.45, 2.75) is 6.61 Å². The van der Waals surface area contributed by atoms with Crippen molar-refractivity contribution in [2.24, 2.45) is 0 Å². The Morgan fingerprint density at radius 1 is 1.09 bits per heavy atom. The van der Waals surface area contributed by atoms with Crippen LogP contribution in [-0.2, 0) is 28.4 Å². The summed E-state index contributed by atoms with van der Waals surface area (Å²) in [4.78, 5) is 0. The van der Waals surface area contributed by atoms with Crippen LogP contribution in [0, 0.1) is 0 Å². The van der Waals surface area contributed by atoms with Crippen LogP contribution in [-0.4, -0.2) is 0 Å². The molecule has 1 aliphatic rings. The number of hydrogen-bond donors (Lipinski definition) is 0. The summed E-state index contributed by atoms with van der Waals surface area (Å²) in [5.74, 6) is -0.289. The maximum Gasteiger partial charge on any atom is 2.00 e. The van der Waals surface area contributed by atoms with Gasteiger partial charge in [-0.2, -0.15) is 18.2 Å². The summed E-state index contributed by atoms with van der Waals surface area (Å²) < 4.78 is 5.18. The van der Waals surface area contributed by atoms with Gasteiger partial charge < -0.3 is 9.84 Å². The number of hydrogen-bond acceptors (Lipinski definition) is 2. The molecule has 0 radical (unpaired) electrons. The molecule has 2 aromatic rings. The molecule has 0 spiro atoms. The van der Waals surface area contributed by atoms with Crippen LogP contribution in [0.1, 0.15) is 11.1 Å². The summed E-state index contributed by atoms with van der Waals surface area (Å²) in [5, 5.41) is 11.6. The summed E-state index contributed by atoms with van der Waals surface area (Å²) in [6, 6.07) is 17.7. The minimum atomic E-state index is -0.289. The Bertz CT molecular complexity index is 631. The van der Waals surface area contributed by atoms with Gasteiger partial charge in [0.05, 0.1) is 5.95 Å². The first-order chi connectivity index (χ1) is 10.8. The summed E-state index contributed by atoms with van der Waals surface area (Å²) in [7, 11) is 0. The third-order valence-electron chi connectivity index (χ3n) is 3.04. The van der Waals surface area contributed by atoms with Crippen LogP contribution in [0.15, 0.2) is 97.0 Å². The van der Waals surface area contributed by atoms with Crippen molar-refractivity contribution in [1.82, 2.24) is 0 Å². The number of rotatable bonds is 4. The average molecular weight is 346 g/mol. The van der Waals surface area contributed by atoms with Crippen LogP contribution >= 0.6 is 0 Å². The van der Waals surface area contributed by atoms with Crippen LogP contribution in [0.3, 0.4) is 0 Å². The second kappa shape index (κ2) is 10.4. The van der Waals surface area contributed by atoms with Crippen LogP contribution in [0.5, 0.6) is 0 Å².